The van der Waals surface area contributed by atoms with Gasteiger partial charge in [0.25, 0.3) is 0 Å². The van der Waals surface area contributed by atoms with Gasteiger partial charge in [0.05, 0.1) is 7.11 Å². The molecule has 0 bridgehead atoms. The van der Waals surface area contributed by atoms with Gasteiger partial charge in [-0.1, -0.05) is 66.2 Å². The summed E-state index contributed by atoms with van der Waals surface area (Å²) >= 11 is 5.74. The van der Waals surface area contributed by atoms with Gasteiger partial charge in [0.15, 0.2) is 5.11 Å². The molecule has 0 fully saturated rings. The predicted octanol–water partition coefficient (Wildman–Crippen LogP) is 5.40. The zero-order valence-electron chi connectivity index (χ0n) is 15.7. The average molecular weight is 377 g/mol. The number of ether oxygens (including phenoxy) is 1. The van der Waals surface area contributed by atoms with Crippen LogP contribution in [0, 0.1) is 6.92 Å². The molecule has 4 heteroatoms. The minimum atomic E-state index is 0.688. The molecule has 0 aliphatic carbocycles. The fraction of sp³-hybridized carbons (Fsp3) is 0.174. The number of nitrogens with one attached hydrogen (secondary N) is 1. The summed E-state index contributed by atoms with van der Waals surface area (Å²) in [6.07, 6.45) is 0. The summed E-state index contributed by atoms with van der Waals surface area (Å²) < 4.78 is 5.30. The van der Waals surface area contributed by atoms with Crippen molar-refractivity contribution in [2.75, 3.05) is 12.4 Å². The third kappa shape index (κ3) is 5.56. The van der Waals surface area contributed by atoms with Crippen molar-refractivity contribution in [3.63, 3.8) is 0 Å². The van der Waals surface area contributed by atoms with E-state index in [-0.39, 0.29) is 0 Å². The first-order chi connectivity index (χ1) is 13.1. The van der Waals surface area contributed by atoms with Crippen LogP contribution in [0.5, 0.6) is 5.75 Å². The smallest absolute Gasteiger partial charge is 0.174 e. The highest BCUT2D eigenvalue weighted by Gasteiger charge is 2.12. The Morgan fingerprint density at radius 3 is 2.22 bits per heavy atom. The molecule has 0 saturated carbocycles. The molecule has 1 N–H and O–H groups in total. The van der Waals surface area contributed by atoms with Gasteiger partial charge in [-0.25, -0.2) is 0 Å². The maximum atomic E-state index is 5.74. The summed E-state index contributed by atoms with van der Waals surface area (Å²) in [6.45, 7) is 3.58. The van der Waals surface area contributed by atoms with E-state index in [0.29, 0.717) is 5.11 Å². The zero-order valence-corrected chi connectivity index (χ0v) is 16.5. The van der Waals surface area contributed by atoms with Crippen LogP contribution in [-0.2, 0) is 13.1 Å². The Morgan fingerprint density at radius 1 is 0.889 bits per heavy atom. The molecular formula is C23H24N2OS. The molecule has 0 saturated heterocycles. The van der Waals surface area contributed by atoms with Crippen molar-refractivity contribution < 1.29 is 4.74 Å². The lowest BCUT2D eigenvalue weighted by molar-refractivity contribution is 0.412. The van der Waals surface area contributed by atoms with Crippen molar-refractivity contribution in [2.24, 2.45) is 0 Å². The molecule has 0 heterocycles. The number of anilines is 1. The molecule has 0 unspecified atom stereocenters. The van der Waals surface area contributed by atoms with Crippen LogP contribution >= 0.6 is 12.2 Å². The summed E-state index contributed by atoms with van der Waals surface area (Å²) in [5.74, 6) is 0.802. The van der Waals surface area contributed by atoms with Crippen molar-refractivity contribution in [1.29, 1.82) is 0 Å². The minimum absolute atomic E-state index is 0.688. The normalized spacial score (nSPS) is 10.3. The highest BCUT2D eigenvalue weighted by molar-refractivity contribution is 7.80. The number of hydrogen-bond acceptors (Lipinski definition) is 2. The van der Waals surface area contributed by atoms with Gasteiger partial charge in [-0.3, -0.25) is 0 Å². The van der Waals surface area contributed by atoms with Crippen LogP contribution in [0.1, 0.15) is 16.7 Å². The Kier molecular flexibility index (Phi) is 6.44. The summed E-state index contributed by atoms with van der Waals surface area (Å²) in [4.78, 5) is 2.18. The maximum Gasteiger partial charge on any atom is 0.174 e. The second-order valence-corrected chi connectivity index (χ2v) is 6.88. The molecular weight excluding hydrogens is 352 g/mol. The van der Waals surface area contributed by atoms with Gasteiger partial charge in [-0.15, -0.1) is 0 Å². The lowest BCUT2D eigenvalue weighted by Gasteiger charge is -2.26. The molecule has 138 valence electrons. The molecule has 3 rings (SSSR count). The number of rotatable bonds is 6. The van der Waals surface area contributed by atoms with Crippen LogP contribution in [0.3, 0.4) is 0 Å². The standard InChI is InChI=1S/C23H24N2OS/c1-18-11-13-20(14-12-18)17-25(16-19-7-4-3-5-8-19)23(27)24-21-9-6-10-22(15-21)26-2/h3-15H,16-17H2,1-2H3,(H,24,27). The topological polar surface area (TPSA) is 24.5 Å². The third-order valence-electron chi connectivity index (χ3n) is 4.32. The van der Waals surface area contributed by atoms with Gasteiger partial charge in [-0.05, 0) is 42.4 Å². The summed E-state index contributed by atoms with van der Waals surface area (Å²) in [7, 11) is 1.66. The molecule has 3 aromatic carbocycles. The van der Waals surface area contributed by atoms with Crippen molar-refractivity contribution in [2.45, 2.75) is 20.0 Å². The number of thiocarbonyl (C=S) groups is 1. The lowest BCUT2D eigenvalue weighted by Crippen LogP contribution is -2.33. The van der Waals surface area contributed by atoms with Crippen molar-refractivity contribution in [3.05, 3.63) is 95.6 Å². The summed E-state index contributed by atoms with van der Waals surface area (Å²) in [5.41, 5.74) is 4.62. The number of methoxy groups -OCH3 is 1. The number of nitrogens with zero attached hydrogens (tertiary/aromatic N) is 1. The molecule has 0 atom stereocenters. The van der Waals surface area contributed by atoms with Gasteiger partial charge in [0.1, 0.15) is 5.75 Å². The largest absolute Gasteiger partial charge is 0.497 e. The minimum Gasteiger partial charge on any atom is -0.497 e. The van der Waals surface area contributed by atoms with E-state index in [1.165, 1.54) is 16.7 Å². The van der Waals surface area contributed by atoms with E-state index in [1.54, 1.807) is 7.11 Å². The van der Waals surface area contributed by atoms with Gasteiger partial charge in [0.2, 0.25) is 0 Å². The fourth-order valence-electron chi connectivity index (χ4n) is 2.82. The molecule has 0 aromatic heterocycles. The highest BCUT2D eigenvalue weighted by Crippen LogP contribution is 2.19. The zero-order chi connectivity index (χ0) is 19.1. The van der Waals surface area contributed by atoms with Crippen LogP contribution in [-0.4, -0.2) is 17.1 Å². The average Bonchev–Trinajstić information content (AvgIpc) is 2.70. The number of benzene rings is 3. The highest BCUT2D eigenvalue weighted by atomic mass is 32.1. The molecule has 0 aliphatic heterocycles. The SMILES string of the molecule is COc1cccc(NC(=S)N(Cc2ccccc2)Cc2ccc(C)cc2)c1. The van der Waals surface area contributed by atoms with E-state index >= 15 is 0 Å². The van der Waals surface area contributed by atoms with Crippen LogP contribution in [0.15, 0.2) is 78.9 Å². The van der Waals surface area contributed by atoms with Crippen molar-refractivity contribution in [3.8, 4) is 5.75 Å². The van der Waals surface area contributed by atoms with E-state index in [1.807, 2.05) is 30.3 Å². The van der Waals surface area contributed by atoms with E-state index in [0.717, 1.165) is 24.5 Å². The first-order valence-electron chi connectivity index (χ1n) is 8.93. The Morgan fingerprint density at radius 2 is 1.56 bits per heavy atom. The van der Waals surface area contributed by atoms with Gasteiger partial charge < -0.3 is 15.0 Å². The fourth-order valence-corrected chi connectivity index (χ4v) is 3.07. The van der Waals surface area contributed by atoms with Crippen LogP contribution in [0.4, 0.5) is 5.69 Å². The molecule has 3 nitrogen and oxygen atoms in total. The Hall–Kier alpha value is -2.85. The van der Waals surface area contributed by atoms with Gasteiger partial charge in [-0.2, -0.15) is 0 Å². The molecule has 0 radical (unpaired) electrons. The summed E-state index contributed by atoms with van der Waals surface area (Å²) in [5, 5.41) is 4.03. The Labute approximate surface area is 166 Å². The van der Waals surface area contributed by atoms with Crippen LogP contribution < -0.4 is 10.1 Å². The second-order valence-electron chi connectivity index (χ2n) is 6.49. The van der Waals surface area contributed by atoms with Crippen molar-refractivity contribution >= 4 is 23.0 Å². The molecule has 27 heavy (non-hydrogen) atoms. The Bertz CT molecular complexity index is 878. The number of aryl methyl sites for hydroxylation is 1. The molecule has 0 aliphatic rings. The molecule has 0 amide bonds. The first kappa shape index (κ1) is 18.9. The van der Waals surface area contributed by atoms with Gasteiger partial charge >= 0.3 is 0 Å². The van der Waals surface area contributed by atoms with E-state index in [4.69, 9.17) is 17.0 Å². The maximum absolute atomic E-state index is 5.74. The van der Waals surface area contributed by atoms with Crippen LogP contribution in [0.25, 0.3) is 0 Å². The van der Waals surface area contributed by atoms with E-state index < -0.39 is 0 Å². The Balaban J connectivity index is 1.78. The van der Waals surface area contributed by atoms with Crippen LogP contribution in [0.2, 0.25) is 0 Å². The van der Waals surface area contributed by atoms with Gasteiger partial charge in [0, 0.05) is 24.8 Å². The quantitative estimate of drug-likeness (QED) is 0.582. The lowest BCUT2D eigenvalue weighted by atomic mass is 10.1. The second kappa shape index (κ2) is 9.19. The number of hydrogen-bond donors (Lipinski definition) is 1. The first-order valence-corrected chi connectivity index (χ1v) is 9.34. The summed E-state index contributed by atoms with van der Waals surface area (Å²) in [6, 6.07) is 26.8. The van der Waals surface area contributed by atoms with Crippen molar-refractivity contribution in [1.82, 2.24) is 4.90 Å². The molecule has 0 spiro atoms. The predicted molar refractivity (Wildman–Crippen MR) is 116 cm³/mol. The molecule has 3 aromatic rings. The van der Waals surface area contributed by atoms with E-state index in [9.17, 15) is 0 Å². The monoisotopic (exact) mass is 376 g/mol. The third-order valence-corrected chi connectivity index (χ3v) is 4.68. The van der Waals surface area contributed by atoms with E-state index in [2.05, 4.69) is 65.7 Å².